The van der Waals surface area contributed by atoms with E-state index < -0.39 is 125 Å². The number of rotatable bonds is 15. The second kappa shape index (κ2) is 24.3. The molecule has 1 aromatic carbocycles. The number of aryl methyl sites for hydroxylation is 1. The molecule has 22 nitrogen and oxygen atoms in total. The Balaban J connectivity index is 1.36. The Morgan fingerprint density at radius 1 is 0.933 bits per heavy atom. The van der Waals surface area contributed by atoms with Gasteiger partial charge in [-0.05, 0) is 87.0 Å². The fourth-order valence-electron chi connectivity index (χ4n) is 11.9. The van der Waals surface area contributed by atoms with Gasteiger partial charge in [0, 0.05) is 56.8 Å². The number of carbonyl (C=O) groups is 4. The molecule has 0 aliphatic carbocycles. The Morgan fingerprint density at radius 3 is 2.25 bits per heavy atom. The number of likely N-dealkylation sites (N-methyl/N-ethyl adjacent to an activating group) is 1. The summed E-state index contributed by atoms with van der Waals surface area (Å²) >= 11 is 0. The summed E-state index contributed by atoms with van der Waals surface area (Å²) in [5.74, 6) is -8.82. The molecule has 6 rings (SSSR count). The average molecular weight is 1060 g/mol. The van der Waals surface area contributed by atoms with Crippen LogP contribution in [-0.4, -0.2) is 173 Å². The number of nitrogens with two attached hydrogens (primary N) is 1. The van der Waals surface area contributed by atoms with Crippen molar-refractivity contribution in [3.63, 3.8) is 0 Å². The lowest BCUT2D eigenvalue weighted by molar-refractivity contribution is -0.319. The molecule has 4 aliphatic heterocycles. The summed E-state index contributed by atoms with van der Waals surface area (Å²) in [5.41, 5.74) is 3.55. The van der Waals surface area contributed by atoms with E-state index in [0.29, 0.717) is 23.6 Å². The molecule has 1 aromatic heterocycles. The number of hydrogen-bond donors (Lipinski definition) is 3. The molecule has 4 N–H and O–H groups in total. The molecule has 2 aromatic rings. The standard InChI is InChI=1S/C53H82N6O16/c1-16-37-53(10)41(40(49(65)74-53)47(54)57-75-38(60)22-21-33-26-55-59(56-33)34-19-17-18-20-36(34)66-13)29(4)42(61)27(2)24-52(9,68-15)46(73-50-43(62)35(58(11)12)23-28(3)69-50)30(5)44(31(6)48(64)71-37)72-39-25-51(8,67-14)45(63)32(7)70-39/h17-20,26-32,35,37,39-41,43-46,50,62-63H,16,21-25H2,1-15H3,(H2,54,57)/t27-,28?,29-,30+,31-,32?,35?,37-,39?,40?,41?,43?,44+,45?,46-,50?,51?,52+,53-/m1/s1. The number of carbonyl (C=O) groups excluding carboxylic acids is 4. The summed E-state index contributed by atoms with van der Waals surface area (Å²) in [6, 6.07) is 6.85. The predicted molar refractivity (Wildman–Crippen MR) is 270 cm³/mol. The molecule has 0 amide bonds. The first-order chi connectivity index (χ1) is 35.3. The molecule has 4 saturated heterocycles. The van der Waals surface area contributed by atoms with Crippen molar-refractivity contribution in [2.45, 2.75) is 186 Å². The summed E-state index contributed by atoms with van der Waals surface area (Å²) in [7, 11) is 8.25. The predicted octanol–water partition coefficient (Wildman–Crippen LogP) is 3.91. The Morgan fingerprint density at radius 2 is 1.61 bits per heavy atom. The van der Waals surface area contributed by atoms with Crippen LogP contribution in [0, 0.1) is 35.5 Å². The number of oxime groups is 1. The van der Waals surface area contributed by atoms with Crippen molar-refractivity contribution in [2.24, 2.45) is 46.4 Å². The van der Waals surface area contributed by atoms with Crippen molar-refractivity contribution >= 4 is 29.5 Å². The number of nitrogens with zero attached hydrogens (tertiary/aromatic N) is 5. The molecular weight excluding hydrogens is 977 g/mol. The van der Waals surface area contributed by atoms with Crippen LogP contribution >= 0.6 is 0 Å². The zero-order chi connectivity index (χ0) is 55.5. The van der Waals surface area contributed by atoms with E-state index in [1.807, 2.05) is 45.0 Å². The normalized spacial score (nSPS) is 39.3. The molecule has 4 fully saturated rings. The highest BCUT2D eigenvalue weighted by Crippen LogP contribution is 2.49. The van der Waals surface area contributed by atoms with Gasteiger partial charge in [0.25, 0.3) is 0 Å². The van der Waals surface area contributed by atoms with E-state index in [2.05, 4.69) is 15.4 Å². The molecule has 10 unspecified atom stereocenters. The number of cyclic esters (lactones) is 1. The van der Waals surface area contributed by atoms with E-state index in [1.165, 1.54) is 32.3 Å². The third-order valence-electron chi connectivity index (χ3n) is 16.3. The van der Waals surface area contributed by atoms with Crippen LogP contribution in [0.3, 0.4) is 0 Å². The number of aliphatic hydroxyl groups is 2. The zero-order valence-electron chi connectivity index (χ0n) is 46.3. The number of aliphatic hydroxyl groups excluding tert-OH is 2. The fraction of sp³-hybridized carbons (Fsp3) is 0.755. The second-order valence-electron chi connectivity index (χ2n) is 21.8. The van der Waals surface area contributed by atoms with E-state index in [-0.39, 0.29) is 50.0 Å². The first kappa shape index (κ1) is 59.6. The van der Waals surface area contributed by atoms with Crippen molar-refractivity contribution < 1.29 is 76.9 Å². The van der Waals surface area contributed by atoms with Gasteiger partial charge >= 0.3 is 17.9 Å². The summed E-state index contributed by atoms with van der Waals surface area (Å²) in [4.78, 5) is 66.2. The van der Waals surface area contributed by atoms with E-state index >= 15 is 4.79 Å². The Labute approximate surface area is 440 Å². The molecule has 75 heavy (non-hydrogen) atoms. The van der Waals surface area contributed by atoms with E-state index in [9.17, 15) is 24.6 Å². The summed E-state index contributed by atoms with van der Waals surface area (Å²) in [6.45, 7) is 17.4. The first-order valence-electron chi connectivity index (χ1n) is 26.1. The molecule has 420 valence electrons. The molecule has 0 spiro atoms. The molecule has 4 aliphatic rings. The summed E-state index contributed by atoms with van der Waals surface area (Å²) in [6.07, 6.45) is -6.49. The zero-order valence-corrected chi connectivity index (χ0v) is 46.3. The first-order valence-corrected chi connectivity index (χ1v) is 26.1. The summed E-state index contributed by atoms with van der Waals surface area (Å²) < 4.78 is 56.8. The second-order valence-corrected chi connectivity index (χ2v) is 21.8. The number of ether oxygens (including phenoxy) is 9. The number of hydrogen-bond acceptors (Lipinski definition) is 20. The topological polar surface area (TPSA) is 273 Å². The van der Waals surface area contributed by atoms with E-state index in [0.717, 1.165) is 0 Å². The molecule has 19 atom stereocenters. The van der Waals surface area contributed by atoms with Gasteiger partial charge in [0.2, 0.25) is 0 Å². The number of Topliss-reactive ketones (excluding diaryl/α,β-unsaturated/α-hetero) is 1. The maximum absolute atomic E-state index is 15.2. The number of ketones is 1. The third kappa shape index (κ3) is 12.5. The monoisotopic (exact) mass is 1060 g/mol. The highest BCUT2D eigenvalue weighted by Gasteiger charge is 2.63. The maximum Gasteiger partial charge on any atom is 0.335 e. The molecule has 5 heterocycles. The van der Waals surface area contributed by atoms with Crippen molar-refractivity contribution in [1.29, 1.82) is 0 Å². The minimum atomic E-state index is -1.67. The Kier molecular flexibility index (Phi) is 19.3. The van der Waals surface area contributed by atoms with Gasteiger partial charge in [0.1, 0.15) is 41.4 Å². The lowest BCUT2D eigenvalue weighted by atomic mass is 9.67. The van der Waals surface area contributed by atoms with Crippen LogP contribution in [-0.2, 0) is 68.3 Å². The van der Waals surface area contributed by atoms with Crippen LogP contribution in [0.15, 0.2) is 35.6 Å². The van der Waals surface area contributed by atoms with Gasteiger partial charge in [0.05, 0.1) is 67.0 Å². The SMILES string of the molecule is CC[C@H]1OC(=O)[C@H](C)[C@@H](OC2CC(C)(OC)C(O)C(C)O2)[C@H](C)[C@@H](OC2OC(C)CC(N(C)C)C2O)[C@@](C)(OC)C[C@@H](C)C(=O)[C@H](C)C2C(/C(N)=N\OC(=O)CCc3cnn(-c4ccccc4OC)n3)C(=O)O[C@@]21C. The van der Waals surface area contributed by atoms with Gasteiger partial charge in [-0.15, -0.1) is 4.80 Å². The number of amidine groups is 1. The number of para-hydroxylation sites is 2. The van der Waals surface area contributed by atoms with Crippen molar-refractivity contribution in [3.8, 4) is 11.4 Å². The van der Waals surface area contributed by atoms with Gasteiger partial charge in [-0.25, -0.2) is 4.79 Å². The smallest absolute Gasteiger partial charge is 0.335 e. The van der Waals surface area contributed by atoms with Crippen LogP contribution in [0.1, 0.15) is 107 Å². The molecule has 0 saturated carbocycles. The molecular formula is C53H82N6O16. The van der Waals surface area contributed by atoms with Gasteiger partial charge in [-0.2, -0.15) is 10.2 Å². The largest absolute Gasteiger partial charge is 0.494 e. The van der Waals surface area contributed by atoms with Crippen molar-refractivity contribution in [3.05, 3.63) is 36.2 Å². The molecule has 22 heteroatoms. The van der Waals surface area contributed by atoms with E-state index in [1.54, 1.807) is 67.5 Å². The third-order valence-corrected chi connectivity index (χ3v) is 16.3. The van der Waals surface area contributed by atoms with Gasteiger partial charge in [-0.3, -0.25) is 14.4 Å². The van der Waals surface area contributed by atoms with Crippen molar-refractivity contribution in [2.75, 3.05) is 35.4 Å². The van der Waals surface area contributed by atoms with E-state index in [4.69, 9.17) is 53.2 Å². The minimum Gasteiger partial charge on any atom is -0.494 e. The van der Waals surface area contributed by atoms with Crippen LogP contribution < -0.4 is 10.5 Å². The van der Waals surface area contributed by atoms with Gasteiger partial charge in [0.15, 0.2) is 24.0 Å². The summed E-state index contributed by atoms with van der Waals surface area (Å²) in [5, 5.41) is 35.7. The average Bonchev–Trinajstić information content (AvgIpc) is 3.97. The quantitative estimate of drug-likeness (QED) is 0.0750. The Hall–Kier alpha value is -4.65. The Bertz CT molecular complexity index is 2340. The van der Waals surface area contributed by atoms with Gasteiger partial charge < -0.3 is 68.3 Å². The maximum atomic E-state index is 15.2. The highest BCUT2D eigenvalue weighted by molar-refractivity contribution is 6.03. The van der Waals surface area contributed by atoms with Crippen molar-refractivity contribution in [1.82, 2.24) is 19.9 Å². The van der Waals surface area contributed by atoms with Crippen LogP contribution in [0.2, 0.25) is 0 Å². The number of esters is 2. The highest BCUT2D eigenvalue weighted by atomic mass is 16.7. The van der Waals surface area contributed by atoms with Crippen LogP contribution in [0.5, 0.6) is 5.75 Å². The van der Waals surface area contributed by atoms with Crippen LogP contribution in [0.25, 0.3) is 5.69 Å². The lowest BCUT2D eigenvalue weighted by Crippen LogP contribution is -2.61. The number of fused-ring (bicyclic) bond motifs is 1. The number of aromatic nitrogens is 3. The lowest BCUT2D eigenvalue weighted by Gasteiger charge is -2.50. The minimum absolute atomic E-state index is 0.0293. The molecule has 0 radical (unpaired) electrons. The number of benzene rings is 1. The van der Waals surface area contributed by atoms with Gasteiger partial charge in [-0.1, -0.05) is 45.0 Å². The molecule has 0 bridgehead atoms. The number of methoxy groups -OCH3 is 3. The fourth-order valence-corrected chi connectivity index (χ4v) is 11.9. The van der Waals surface area contributed by atoms with Crippen LogP contribution in [0.4, 0.5) is 0 Å².